The molecule has 1 atom stereocenters. The van der Waals surface area contributed by atoms with Gasteiger partial charge in [-0.25, -0.2) is 0 Å². The Balaban J connectivity index is 2.27. The van der Waals surface area contributed by atoms with Gasteiger partial charge in [-0.1, -0.05) is 15.9 Å². The summed E-state index contributed by atoms with van der Waals surface area (Å²) in [7, 11) is 1.77. The first-order valence-corrected chi connectivity index (χ1v) is 6.67. The van der Waals surface area contributed by atoms with Gasteiger partial charge in [-0.15, -0.1) is 0 Å². The Morgan fingerprint density at radius 3 is 2.60 bits per heavy atom. The highest BCUT2D eigenvalue weighted by Crippen LogP contribution is 2.34. The highest BCUT2D eigenvalue weighted by Gasteiger charge is 2.31. The highest BCUT2D eigenvalue weighted by molar-refractivity contribution is 9.10. The van der Waals surface area contributed by atoms with E-state index in [1.807, 2.05) is 0 Å². The molecule has 0 saturated carbocycles. The van der Waals surface area contributed by atoms with Crippen molar-refractivity contribution < 1.29 is 13.2 Å². The molecule has 0 aliphatic carbocycles. The van der Waals surface area contributed by atoms with Gasteiger partial charge in [0.05, 0.1) is 11.3 Å². The van der Waals surface area contributed by atoms with Crippen LogP contribution in [0.15, 0.2) is 34.9 Å². The molecule has 0 radical (unpaired) electrons. The number of nitrogens with zero attached hydrogens (tertiary/aromatic N) is 2. The number of alkyl halides is 3. The molecule has 0 aliphatic heterocycles. The van der Waals surface area contributed by atoms with Crippen molar-refractivity contribution in [2.24, 2.45) is 12.8 Å². The first-order valence-electron chi connectivity index (χ1n) is 5.88. The summed E-state index contributed by atoms with van der Waals surface area (Å²) in [6, 6.07) is 4.72. The maximum Gasteiger partial charge on any atom is 0.416 e. The van der Waals surface area contributed by atoms with Crippen LogP contribution >= 0.6 is 15.9 Å². The Morgan fingerprint density at radius 2 is 2.05 bits per heavy atom. The lowest BCUT2D eigenvalue weighted by Gasteiger charge is -2.15. The van der Waals surface area contributed by atoms with E-state index < -0.39 is 17.8 Å². The topological polar surface area (TPSA) is 43.8 Å². The van der Waals surface area contributed by atoms with Gasteiger partial charge in [0.1, 0.15) is 0 Å². The molecule has 2 rings (SSSR count). The SMILES string of the molecule is Cn1ccc(CC(N)c2cc(C(F)(F)F)ccc2Br)n1. The van der Waals surface area contributed by atoms with E-state index in [1.165, 1.54) is 6.07 Å². The molecule has 0 amide bonds. The normalized spacial score (nSPS) is 13.5. The van der Waals surface area contributed by atoms with Gasteiger partial charge in [0.2, 0.25) is 0 Å². The minimum atomic E-state index is -4.37. The van der Waals surface area contributed by atoms with E-state index in [2.05, 4.69) is 21.0 Å². The number of aromatic nitrogens is 2. The third-order valence-corrected chi connectivity index (χ3v) is 3.64. The van der Waals surface area contributed by atoms with E-state index in [0.717, 1.165) is 17.8 Å². The molecule has 0 bridgehead atoms. The van der Waals surface area contributed by atoms with Crippen LogP contribution in [0.3, 0.4) is 0 Å². The van der Waals surface area contributed by atoms with Crippen LogP contribution in [0.1, 0.15) is 22.9 Å². The fourth-order valence-electron chi connectivity index (χ4n) is 1.91. The van der Waals surface area contributed by atoms with E-state index in [4.69, 9.17) is 5.73 Å². The van der Waals surface area contributed by atoms with E-state index in [9.17, 15) is 13.2 Å². The minimum Gasteiger partial charge on any atom is -0.324 e. The number of nitrogens with two attached hydrogens (primary N) is 1. The smallest absolute Gasteiger partial charge is 0.324 e. The van der Waals surface area contributed by atoms with Crippen LogP contribution in [0.25, 0.3) is 0 Å². The lowest BCUT2D eigenvalue weighted by molar-refractivity contribution is -0.137. The second kappa shape index (κ2) is 5.57. The van der Waals surface area contributed by atoms with E-state index >= 15 is 0 Å². The maximum absolute atomic E-state index is 12.7. The number of benzene rings is 1. The van der Waals surface area contributed by atoms with Gasteiger partial charge in [-0.2, -0.15) is 18.3 Å². The van der Waals surface area contributed by atoms with Crippen molar-refractivity contribution in [2.75, 3.05) is 0 Å². The zero-order valence-electron chi connectivity index (χ0n) is 10.7. The molecular weight excluding hydrogens is 335 g/mol. The zero-order chi connectivity index (χ0) is 14.9. The first-order chi connectivity index (χ1) is 9.27. The monoisotopic (exact) mass is 347 g/mol. The largest absolute Gasteiger partial charge is 0.416 e. The Morgan fingerprint density at radius 1 is 1.35 bits per heavy atom. The van der Waals surface area contributed by atoms with Crippen molar-refractivity contribution in [2.45, 2.75) is 18.6 Å². The standard InChI is InChI=1S/C13H13BrF3N3/c1-20-5-4-9(19-20)7-12(18)10-6-8(13(15,16)17)2-3-11(10)14/h2-6,12H,7,18H2,1H3. The Kier molecular flexibility index (Phi) is 4.19. The molecule has 0 aliphatic rings. The summed E-state index contributed by atoms with van der Waals surface area (Å²) in [5.74, 6) is 0. The molecule has 2 N–H and O–H groups in total. The molecule has 1 aromatic carbocycles. The van der Waals surface area contributed by atoms with Crippen molar-refractivity contribution in [3.8, 4) is 0 Å². The van der Waals surface area contributed by atoms with Gasteiger partial charge in [0.15, 0.2) is 0 Å². The maximum atomic E-state index is 12.7. The molecule has 2 aromatic rings. The lowest BCUT2D eigenvalue weighted by atomic mass is 10.0. The van der Waals surface area contributed by atoms with Crippen molar-refractivity contribution >= 4 is 15.9 Å². The molecule has 0 saturated heterocycles. The highest BCUT2D eigenvalue weighted by atomic mass is 79.9. The van der Waals surface area contributed by atoms with Crippen LogP contribution in [0.4, 0.5) is 13.2 Å². The van der Waals surface area contributed by atoms with Crippen LogP contribution in [0.5, 0.6) is 0 Å². The van der Waals surface area contributed by atoms with Gasteiger partial charge in [0.25, 0.3) is 0 Å². The molecule has 1 aromatic heterocycles. The van der Waals surface area contributed by atoms with Crippen molar-refractivity contribution in [1.29, 1.82) is 0 Å². The zero-order valence-corrected chi connectivity index (χ0v) is 12.2. The van der Waals surface area contributed by atoms with Crippen molar-refractivity contribution in [3.63, 3.8) is 0 Å². The molecule has 108 valence electrons. The van der Waals surface area contributed by atoms with Crippen LogP contribution < -0.4 is 5.73 Å². The molecule has 7 heteroatoms. The Hall–Kier alpha value is -1.34. The average molecular weight is 348 g/mol. The van der Waals surface area contributed by atoms with Crippen molar-refractivity contribution in [1.82, 2.24) is 9.78 Å². The second-order valence-electron chi connectivity index (χ2n) is 4.53. The number of hydrogen-bond donors (Lipinski definition) is 1. The first kappa shape index (κ1) is 15.1. The third-order valence-electron chi connectivity index (χ3n) is 2.92. The van der Waals surface area contributed by atoms with Gasteiger partial charge < -0.3 is 5.73 Å². The van der Waals surface area contributed by atoms with Gasteiger partial charge in [-0.3, -0.25) is 4.68 Å². The molecule has 0 spiro atoms. The molecule has 3 nitrogen and oxygen atoms in total. The van der Waals surface area contributed by atoms with Crippen LogP contribution in [-0.2, 0) is 19.6 Å². The minimum absolute atomic E-state index is 0.376. The molecule has 20 heavy (non-hydrogen) atoms. The number of halogens is 4. The van der Waals surface area contributed by atoms with Gasteiger partial charge in [0, 0.05) is 30.2 Å². The fourth-order valence-corrected chi connectivity index (χ4v) is 2.45. The summed E-state index contributed by atoms with van der Waals surface area (Å²) in [6.45, 7) is 0. The summed E-state index contributed by atoms with van der Waals surface area (Å²) in [5, 5.41) is 4.18. The van der Waals surface area contributed by atoms with Gasteiger partial charge >= 0.3 is 6.18 Å². The van der Waals surface area contributed by atoms with Crippen molar-refractivity contribution in [3.05, 3.63) is 51.8 Å². The van der Waals surface area contributed by atoms with E-state index in [1.54, 1.807) is 24.0 Å². The van der Waals surface area contributed by atoms with E-state index in [0.29, 0.717) is 16.5 Å². The third kappa shape index (κ3) is 3.40. The number of rotatable bonds is 3. The number of aryl methyl sites for hydroxylation is 1. The predicted molar refractivity (Wildman–Crippen MR) is 73.0 cm³/mol. The number of hydrogen-bond acceptors (Lipinski definition) is 2. The molecular formula is C13H13BrF3N3. The summed E-state index contributed by atoms with van der Waals surface area (Å²) in [6.07, 6.45) is -2.23. The fraction of sp³-hybridized carbons (Fsp3) is 0.308. The Bertz CT molecular complexity index is 607. The predicted octanol–water partition coefficient (Wildman–Crippen LogP) is 3.44. The average Bonchev–Trinajstić information content (AvgIpc) is 2.73. The summed E-state index contributed by atoms with van der Waals surface area (Å²) < 4.78 is 40.4. The molecule has 1 heterocycles. The second-order valence-corrected chi connectivity index (χ2v) is 5.38. The summed E-state index contributed by atoms with van der Waals surface area (Å²) in [4.78, 5) is 0. The quantitative estimate of drug-likeness (QED) is 0.924. The Labute approximate surface area is 122 Å². The van der Waals surface area contributed by atoms with Gasteiger partial charge in [-0.05, 0) is 29.8 Å². The molecule has 0 fully saturated rings. The summed E-state index contributed by atoms with van der Waals surface area (Å²) >= 11 is 3.24. The van der Waals surface area contributed by atoms with Crippen LogP contribution in [-0.4, -0.2) is 9.78 Å². The molecule has 1 unspecified atom stereocenters. The summed E-state index contributed by atoms with van der Waals surface area (Å²) in [5.41, 5.74) is 6.46. The lowest BCUT2D eigenvalue weighted by Crippen LogP contribution is -2.16. The van der Waals surface area contributed by atoms with Crippen LogP contribution in [0, 0.1) is 0 Å². The van der Waals surface area contributed by atoms with Crippen LogP contribution in [0.2, 0.25) is 0 Å². The van der Waals surface area contributed by atoms with E-state index in [-0.39, 0.29) is 0 Å².